The van der Waals surface area contributed by atoms with E-state index in [2.05, 4.69) is 10.6 Å². The predicted octanol–water partition coefficient (Wildman–Crippen LogP) is 5.36. The normalized spacial score (nSPS) is 15.0. The average molecular weight is 387 g/mol. The Labute approximate surface area is 164 Å². The Balaban J connectivity index is 1.63. The maximum Gasteiger partial charge on any atom is 0.412 e. The Morgan fingerprint density at radius 1 is 1.00 bits per heavy atom. The molecule has 0 bridgehead atoms. The molecule has 1 saturated carbocycles. The Morgan fingerprint density at radius 2 is 1.59 bits per heavy atom. The van der Waals surface area contributed by atoms with Crippen molar-refractivity contribution in [2.45, 2.75) is 44.6 Å². The van der Waals surface area contributed by atoms with Gasteiger partial charge in [0, 0.05) is 16.4 Å². The lowest BCUT2D eigenvalue weighted by atomic mass is 9.95. The minimum Gasteiger partial charge on any atom is -0.444 e. The molecule has 6 heteroatoms. The van der Waals surface area contributed by atoms with Crippen LogP contribution < -0.4 is 10.6 Å². The summed E-state index contributed by atoms with van der Waals surface area (Å²) < 4.78 is 5.22. The number of carbonyl (C=O) groups excluding carboxylic acids is 2. The van der Waals surface area contributed by atoms with Crippen molar-refractivity contribution in [2.24, 2.45) is 0 Å². The lowest BCUT2D eigenvalue weighted by Crippen LogP contribution is -2.28. The van der Waals surface area contributed by atoms with E-state index in [0.29, 0.717) is 16.4 Å². The molecule has 0 spiro atoms. The number of hydrogen-bond donors (Lipinski definition) is 2. The monoisotopic (exact) mass is 386 g/mol. The quantitative estimate of drug-likeness (QED) is 0.743. The number of halogens is 1. The number of amides is 2. The van der Waals surface area contributed by atoms with Gasteiger partial charge in [0.25, 0.3) is 0 Å². The fourth-order valence-corrected chi connectivity index (χ4v) is 3.06. The van der Waals surface area contributed by atoms with Crippen LogP contribution in [0.3, 0.4) is 0 Å². The van der Waals surface area contributed by atoms with Crippen LogP contribution in [0.5, 0.6) is 0 Å². The Morgan fingerprint density at radius 3 is 2.11 bits per heavy atom. The standard InChI is InChI=1S/C21H23ClN2O3/c1-20(2,3)27-19(26)24-17-9-7-16(8-10-17)23-18(25)21(11-12-21)14-5-4-6-15(22)13-14/h4-10,13H,11-12H2,1-3H3,(H,23,25)(H,24,26). The van der Waals surface area contributed by atoms with Gasteiger partial charge in [-0.2, -0.15) is 0 Å². The summed E-state index contributed by atoms with van der Waals surface area (Å²) in [6, 6.07) is 14.4. The molecule has 3 rings (SSSR count). The van der Waals surface area contributed by atoms with Crippen molar-refractivity contribution in [2.75, 3.05) is 10.6 Å². The molecule has 0 heterocycles. The molecule has 142 valence electrons. The molecule has 0 unspecified atom stereocenters. The van der Waals surface area contributed by atoms with Gasteiger partial charge in [0.2, 0.25) is 5.91 Å². The second-order valence-electron chi connectivity index (χ2n) is 7.75. The van der Waals surface area contributed by atoms with Gasteiger partial charge in [0.15, 0.2) is 0 Å². The minimum atomic E-state index is -0.559. The van der Waals surface area contributed by atoms with Gasteiger partial charge in [0.1, 0.15) is 5.60 Å². The van der Waals surface area contributed by atoms with Crippen LogP contribution in [-0.2, 0) is 14.9 Å². The molecule has 0 atom stereocenters. The zero-order valence-corrected chi connectivity index (χ0v) is 16.4. The summed E-state index contributed by atoms with van der Waals surface area (Å²) >= 11 is 6.07. The fourth-order valence-electron chi connectivity index (χ4n) is 2.87. The van der Waals surface area contributed by atoms with Gasteiger partial charge < -0.3 is 10.1 Å². The zero-order valence-electron chi connectivity index (χ0n) is 15.6. The molecule has 1 aliphatic rings. The number of anilines is 2. The van der Waals surface area contributed by atoms with Gasteiger partial charge in [-0.15, -0.1) is 0 Å². The Hall–Kier alpha value is -2.53. The molecule has 1 aliphatic carbocycles. The van der Waals surface area contributed by atoms with Gasteiger partial charge in [-0.25, -0.2) is 4.79 Å². The van der Waals surface area contributed by atoms with Crippen LogP contribution in [-0.4, -0.2) is 17.6 Å². The summed E-state index contributed by atoms with van der Waals surface area (Å²) in [5.41, 5.74) is 1.15. The third kappa shape index (κ3) is 4.80. The van der Waals surface area contributed by atoms with Gasteiger partial charge in [-0.3, -0.25) is 10.1 Å². The second-order valence-corrected chi connectivity index (χ2v) is 8.19. The van der Waals surface area contributed by atoms with E-state index in [-0.39, 0.29) is 5.91 Å². The number of ether oxygens (including phenoxy) is 1. The molecule has 0 aromatic heterocycles. The lowest BCUT2D eigenvalue weighted by molar-refractivity contribution is -0.118. The molecule has 0 aliphatic heterocycles. The van der Waals surface area contributed by atoms with E-state index < -0.39 is 17.1 Å². The van der Waals surface area contributed by atoms with Crippen LogP contribution in [0.2, 0.25) is 5.02 Å². The van der Waals surface area contributed by atoms with E-state index in [1.165, 1.54) is 0 Å². The van der Waals surface area contributed by atoms with Crippen molar-refractivity contribution in [3.8, 4) is 0 Å². The van der Waals surface area contributed by atoms with Gasteiger partial charge in [-0.05, 0) is 75.6 Å². The van der Waals surface area contributed by atoms with E-state index in [4.69, 9.17) is 16.3 Å². The Kier molecular flexibility index (Phi) is 5.16. The Bertz CT molecular complexity index is 852. The summed E-state index contributed by atoms with van der Waals surface area (Å²) in [6.07, 6.45) is 1.09. The smallest absolute Gasteiger partial charge is 0.412 e. The van der Waals surface area contributed by atoms with Crippen LogP contribution in [0.4, 0.5) is 16.2 Å². The summed E-state index contributed by atoms with van der Waals surface area (Å²) in [6.45, 7) is 5.41. The van der Waals surface area contributed by atoms with Crippen molar-refractivity contribution in [3.05, 3.63) is 59.1 Å². The predicted molar refractivity (Wildman–Crippen MR) is 107 cm³/mol. The number of hydrogen-bond acceptors (Lipinski definition) is 3. The van der Waals surface area contributed by atoms with Crippen molar-refractivity contribution in [1.82, 2.24) is 0 Å². The van der Waals surface area contributed by atoms with Crippen molar-refractivity contribution in [1.29, 1.82) is 0 Å². The highest BCUT2D eigenvalue weighted by atomic mass is 35.5. The largest absolute Gasteiger partial charge is 0.444 e. The van der Waals surface area contributed by atoms with Crippen LogP contribution >= 0.6 is 11.6 Å². The number of benzene rings is 2. The van der Waals surface area contributed by atoms with Crippen molar-refractivity contribution < 1.29 is 14.3 Å². The topological polar surface area (TPSA) is 67.4 Å². The van der Waals surface area contributed by atoms with E-state index in [9.17, 15) is 9.59 Å². The van der Waals surface area contributed by atoms with Gasteiger partial charge in [-0.1, -0.05) is 23.7 Å². The third-order valence-corrected chi connectivity index (χ3v) is 4.58. The molecule has 27 heavy (non-hydrogen) atoms. The first-order valence-corrected chi connectivity index (χ1v) is 9.23. The highest BCUT2D eigenvalue weighted by molar-refractivity contribution is 6.30. The maximum atomic E-state index is 12.8. The molecule has 2 N–H and O–H groups in total. The average Bonchev–Trinajstić information content (AvgIpc) is 3.37. The molecule has 1 fully saturated rings. The maximum absolute atomic E-state index is 12.8. The molecule has 5 nitrogen and oxygen atoms in total. The molecule has 0 radical (unpaired) electrons. The summed E-state index contributed by atoms with van der Waals surface area (Å²) in [5, 5.41) is 6.25. The summed E-state index contributed by atoms with van der Waals surface area (Å²) in [5.74, 6) is -0.0439. The van der Waals surface area contributed by atoms with Gasteiger partial charge in [0.05, 0.1) is 5.41 Å². The summed E-state index contributed by atoms with van der Waals surface area (Å²) in [7, 11) is 0. The van der Waals surface area contributed by atoms with E-state index in [0.717, 1.165) is 18.4 Å². The van der Waals surface area contributed by atoms with Crippen molar-refractivity contribution in [3.63, 3.8) is 0 Å². The number of carbonyl (C=O) groups is 2. The molecule has 2 aromatic carbocycles. The molecule has 2 amide bonds. The molecular weight excluding hydrogens is 364 g/mol. The number of rotatable bonds is 4. The second kappa shape index (κ2) is 7.24. The first-order chi connectivity index (χ1) is 12.7. The van der Waals surface area contributed by atoms with Crippen molar-refractivity contribution >= 4 is 35.0 Å². The SMILES string of the molecule is CC(C)(C)OC(=O)Nc1ccc(NC(=O)C2(c3cccc(Cl)c3)CC2)cc1. The van der Waals surface area contributed by atoms with E-state index in [1.54, 1.807) is 51.1 Å². The summed E-state index contributed by atoms with van der Waals surface area (Å²) in [4.78, 5) is 24.6. The van der Waals surface area contributed by atoms with Crippen LogP contribution in [0.15, 0.2) is 48.5 Å². The first-order valence-electron chi connectivity index (χ1n) is 8.86. The first kappa shape index (κ1) is 19.2. The minimum absolute atomic E-state index is 0.0439. The third-order valence-electron chi connectivity index (χ3n) is 4.35. The molecule has 2 aromatic rings. The fraction of sp³-hybridized carbons (Fsp3) is 0.333. The van der Waals surface area contributed by atoms with Gasteiger partial charge >= 0.3 is 6.09 Å². The highest BCUT2D eigenvalue weighted by Gasteiger charge is 2.51. The van der Waals surface area contributed by atoms with Crippen LogP contribution in [0.1, 0.15) is 39.2 Å². The van der Waals surface area contributed by atoms with E-state index >= 15 is 0 Å². The molecular formula is C21H23ClN2O3. The zero-order chi connectivity index (χ0) is 19.7. The number of nitrogens with one attached hydrogen (secondary N) is 2. The molecule has 0 saturated heterocycles. The van der Waals surface area contributed by atoms with E-state index in [1.807, 2.05) is 18.2 Å². The van der Waals surface area contributed by atoms with Crippen LogP contribution in [0.25, 0.3) is 0 Å². The van der Waals surface area contributed by atoms with Crippen LogP contribution in [0, 0.1) is 0 Å². The highest BCUT2D eigenvalue weighted by Crippen LogP contribution is 2.49. The lowest BCUT2D eigenvalue weighted by Gasteiger charge is -2.20.